The van der Waals surface area contributed by atoms with Crippen molar-refractivity contribution >= 4 is 16.3 Å². The number of hydrogen-bond acceptors (Lipinski definition) is 8. The molecule has 4 aromatic rings. The van der Waals surface area contributed by atoms with E-state index in [1.165, 1.54) is 11.3 Å². The molecule has 0 aliphatic carbocycles. The number of benzene rings is 1. The number of nitrogens with zero attached hydrogens (tertiary/aromatic N) is 5. The topological polar surface area (TPSA) is 83.7 Å². The van der Waals surface area contributed by atoms with Crippen LogP contribution in [0.2, 0.25) is 0 Å². The molecule has 0 N–H and O–H groups in total. The molecule has 0 atom stereocenters. The van der Waals surface area contributed by atoms with Gasteiger partial charge in [-0.25, -0.2) is 0 Å². The lowest BCUT2D eigenvalue weighted by Gasteiger charge is -2.05. The summed E-state index contributed by atoms with van der Waals surface area (Å²) in [6.07, 6.45) is 1.81. The first-order valence-electron chi connectivity index (χ1n) is 7.93. The summed E-state index contributed by atoms with van der Waals surface area (Å²) in [6.45, 7) is 2.43. The van der Waals surface area contributed by atoms with Crippen molar-refractivity contribution in [3.8, 4) is 27.8 Å². The second-order valence-corrected chi connectivity index (χ2v) is 6.67. The van der Waals surface area contributed by atoms with Crippen LogP contribution >= 0.6 is 11.3 Å². The van der Waals surface area contributed by atoms with Crippen LogP contribution in [-0.4, -0.2) is 31.6 Å². The third kappa shape index (κ3) is 2.62. The molecule has 0 spiro atoms. The summed E-state index contributed by atoms with van der Waals surface area (Å²) < 4.78 is 18.2. The average Bonchev–Trinajstić information content (AvgIpc) is 3.36. The number of aromatic nitrogens is 5. The van der Waals surface area contributed by atoms with Crippen LogP contribution in [0.5, 0.6) is 17.2 Å². The smallest absolute Gasteiger partial charge is 0.235 e. The van der Waals surface area contributed by atoms with Crippen molar-refractivity contribution in [1.29, 1.82) is 0 Å². The second-order valence-electron chi connectivity index (χ2n) is 5.71. The maximum Gasteiger partial charge on any atom is 0.235 e. The number of rotatable bonds is 4. The van der Waals surface area contributed by atoms with Crippen molar-refractivity contribution in [2.45, 2.75) is 13.5 Å². The first kappa shape index (κ1) is 15.1. The minimum atomic E-state index is 0.235. The van der Waals surface area contributed by atoms with Gasteiger partial charge < -0.3 is 14.2 Å². The molecule has 0 unspecified atom stereocenters. The molecule has 0 amide bonds. The Bertz CT molecular complexity index is 1090. The van der Waals surface area contributed by atoms with Crippen molar-refractivity contribution in [2.75, 3.05) is 6.79 Å². The third-order valence-electron chi connectivity index (χ3n) is 3.93. The van der Waals surface area contributed by atoms with E-state index in [4.69, 9.17) is 14.2 Å². The molecule has 3 aromatic heterocycles. The molecule has 5 rings (SSSR count). The minimum Gasteiger partial charge on any atom is -0.485 e. The Kier molecular flexibility index (Phi) is 3.45. The van der Waals surface area contributed by atoms with E-state index >= 15 is 0 Å². The van der Waals surface area contributed by atoms with Gasteiger partial charge in [0, 0.05) is 23.5 Å². The molecule has 1 aliphatic rings. The summed E-state index contributed by atoms with van der Waals surface area (Å²) >= 11 is 1.46. The molecule has 130 valence electrons. The monoisotopic (exact) mass is 367 g/mol. The average molecular weight is 367 g/mol. The second kappa shape index (κ2) is 5.95. The molecule has 26 heavy (non-hydrogen) atoms. The van der Waals surface area contributed by atoms with Crippen LogP contribution in [0.4, 0.5) is 0 Å². The van der Waals surface area contributed by atoms with E-state index in [1.807, 2.05) is 37.4 Å². The number of ether oxygens (including phenoxy) is 3. The normalized spacial score (nSPS) is 12.7. The number of pyridine rings is 1. The maximum absolute atomic E-state index is 5.81. The fraction of sp³-hybridized carbons (Fsp3) is 0.176. The summed E-state index contributed by atoms with van der Waals surface area (Å²) in [5, 5.41) is 13.8. The van der Waals surface area contributed by atoms with Crippen molar-refractivity contribution in [2.24, 2.45) is 0 Å². The lowest BCUT2D eigenvalue weighted by molar-refractivity contribution is 0.173. The molecule has 1 aromatic carbocycles. The molecule has 1 aliphatic heterocycles. The highest BCUT2D eigenvalue weighted by atomic mass is 32.1. The lowest BCUT2D eigenvalue weighted by atomic mass is 10.3. The Morgan fingerprint density at radius 1 is 1.15 bits per heavy atom. The van der Waals surface area contributed by atoms with Crippen molar-refractivity contribution < 1.29 is 14.2 Å². The predicted molar refractivity (Wildman–Crippen MR) is 93.5 cm³/mol. The standard InChI is InChI=1S/C17H13N5O3S/c1-10-2-3-11(7-18-10)16-21-22-15(19-20-17(22)26-16)8-23-12-4-5-13-14(6-12)25-9-24-13/h2-7H,8-9H2,1H3. The summed E-state index contributed by atoms with van der Waals surface area (Å²) in [6, 6.07) is 9.40. The first-order chi connectivity index (χ1) is 12.8. The van der Waals surface area contributed by atoms with Gasteiger partial charge in [0.1, 0.15) is 17.4 Å². The summed E-state index contributed by atoms with van der Waals surface area (Å²) in [5.74, 6) is 2.69. The first-order valence-corrected chi connectivity index (χ1v) is 8.74. The van der Waals surface area contributed by atoms with E-state index in [-0.39, 0.29) is 13.4 Å². The Morgan fingerprint density at radius 2 is 2.08 bits per heavy atom. The van der Waals surface area contributed by atoms with E-state index in [9.17, 15) is 0 Å². The Balaban J connectivity index is 1.38. The van der Waals surface area contributed by atoms with Gasteiger partial charge in [0.25, 0.3) is 0 Å². The Morgan fingerprint density at radius 3 is 2.96 bits per heavy atom. The quantitative estimate of drug-likeness (QED) is 0.548. The largest absolute Gasteiger partial charge is 0.485 e. The lowest BCUT2D eigenvalue weighted by Crippen LogP contribution is -2.02. The molecule has 0 saturated heterocycles. The van der Waals surface area contributed by atoms with Gasteiger partial charge in [-0.1, -0.05) is 11.3 Å². The molecule has 4 heterocycles. The highest BCUT2D eigenvalue weighted by Crippen LogP contribution is 2.35. The molecule has 9 heteroatoms. The van der Waals surface area contributed by atoms with Crippen LogP contribution in [0.25, 0.3) is 15.5 Å². The van der Waals surface area contributed by atoms with Gasteiger partial charge in [0.15, 0.2) is 17.3 Å². The van der Waals surface area contributed by atoms with E-state index in [0.717, 1.165) is 22.0 Å². The van der Waals surface area contributed by atoms with Crippen LogP contribution in [0, 0.1) is 6.92 Å². The van der Waals surface area contributed by atoms with Gasteiger partial charge in [-0.05, 0) is 31.2 Å². The fourth-order valence-corrected chi connectivity index (χ4v) is 3.42. The van der Waals surface area contributed by atoms with E-state index in [0.29, 0.717) is 22.3 Å². The summed E-state index contributed by atoms with van der Waals surface area (Å²) in [7, 11) is 0. The molecule has 0 radical (unpaired) electrons. The molecule has 0 fully saturated rings. The zero-order valence-corrected chi connectivity index (χ0v) is 14.6. The van der Waals surface area contributed by atoms with Crippen LogP contribution in [-0.2, 0) is 6.61 Å². The van der Waals surface area contributed by atoms with Gasteiger partial charge >= 0.3 is 0 Å². The SMILES string of the molecule is Cc1ccc(-c2nn3c(COc4ccc5c(c4)OCO5)nnc3s2)cn1. The predicted octanol–water partition coefficient (Wildman–Crippen LogP) is 2.86. The van der Waals surface area contributed by atoms with Crippen molar-refractivity contribution in [3.05, 3.63) is 48.0 Å². The molecular weight excluding hydrogens is 354 g/mol. The van der Waals surface area contributed by atoms with Gasteiger partial charge in [-0.2, -0.15) is 9.61 Å². The van der Waals surface area contributed by atoms with Gasteiger partial charge in [0.05, 0.1) is 0 Å². The number of hydrogen-bond donors (Lipinski definition) is 0. The maximum atomic E-state index is 5.81. The Labute approximate surface area is 152 Å². The van der Waals surface area contributed by atoms with Crippen molar-refractivity contribution in [1.82, 2.24) is 24.8 Å². The van der Waals surface area contributed by atoms with Gasteiger partial charge in [-0.15, -0.1) is 10.2 Å². The summed E-state index contributed by atoms with van der Waals surface area (Å²) in [4.78, 5) is 5.02. The van der Waals surface area contributed by atoms with Gasteiger partial charge in [-0.3, -0.25) is 4.98 Å². The molecule has 0 bridgehead atoms. The van der Waals surface area contributed by atoms with Crippen LogP contribution in [0.1, 0.15) is 11.5 Å². The zero-order chi connectivity index (χ0) is 17.5. The highest BCUT2D eigenvalue weighted by molar-refractivity contribution is 7.19. The summed E-state index contributed by atoms with van der Waals surface area (Å²) in [5.41, 5.74) is 1.92. The molecular formula is C17H13N5O3S. The van der Waals surface area contributed by atoms with E-state index < -0.39 is 0 Å². The fourth-order valence-electron chi connectivity index (χ4n) is 2.57. The number of fused-ring (bicyclic) bond motifs is 2. The van der Waals surface area contributed by atoms with Crippen molar-refractivity contribution in [3.63, 3.8) is 0 Å². The van der Waals surface area contributed by atoms with Gasteiger partial charge in [0.2, 0.25) is 11.8 Å². The van der Waals surface area contributed by atoms with Crippen LogP contribution < -0.4 is 14.2 Å². The third-order valence-corrected chi connectivity index (χ3v) is 4.87. The molecule has 8 nitrogen and oxygen atoms in total. The minimum absolute atomic E-state index is 0.235. The zero-order valence-electron chi connectivity index (χ0n) is 13.7. The highest BCUT2D eigenvalue weighted by Gasteiger charge is 2.16. The van der Waals surface area contributed by atoms with E-state index in [2.05, 4.69) is 20.3 Å². The number of aryl methyl sites for hydroxylation is 1. The van der Waals surface area contributed by atoms with Crippen LogP contribution in [0.15, 0.2) is 36.5 Å². The van der Waals surface area contributed by atoms with Crippen LogP contribution in [0.3, 0.4) is 0 Å². The Hall–Kier alpha value is -3.20. The molecule has 0 saturated carbocycles. The van der Waals surface area contributed by atoms with E-state index in [1.54, 1.807) is 10.6 Å².